The van der Waals surface area contributed by atoms with E-state index in [2.05, 4.69) is 30.8 Å². The molecular weight excluding hydrogens is 528 g/mol. The number of aromatic amines is 1. The second kappa shape index (κ2) is 9.98. The number of fused-ring (bicyclic) bond motifs is 1. The summed E-state index contributed by atoms with van der Waals surface area (Å²) in [5.74, 6) is -0.317. The van der Waals surface area contributed by atoms with E-state index in [1.807, 2.05) is 0 Å². The third-order valence-electron chi connectivity index (χ3n) is 5.34. The maximum Gasteiger partial charge on any atom is 0.417 e. The van der Waals surface area contributed by atoms with Crippen molar-refractivity contribution in [1.82, 2.24) is 20.2 Å². The smallest absolute Gasteiger partial charge is 0.417 e. The zero-order chi connectivity index (χ0) is 26.9. The van der Waals surface area contributed by atoms with Gasteiger partial charge in [-0.1, -0.05) is 23.7 Å². The number of hydrogen-bond acceptors (Lipinski definition) is 5. The number of hydrogen-bond donors (Lipinski definition) is 3. The number of aromatic nitrogens is 4. The Balaban J connectivity index is 1.32. The third kappa shape index (κ3) is 5.20. The number of urea groups is 1. The van der Waals surface area contributed by atoms with Crippen LogP contribution < -0.4 is 15.4 Å². The molecular formula is C25H15ClF4N6O2. The molecule has 192 valence electrons. The molecule has 0 atom stereocenters. The number of alkyl halides is 3. The summed E-state index contributed by atoms with van der Waals surface area (Å²) in [6, 6.07) is 12.7. The van der Waals surface area contributed by atoms with Gasteiger partial charge in [0.05, 0.1) is 33.6 Å². The molecule has 0 saturated carbocycles. The number of halogens is 5. The number of ether oxygens (including phenoxy) is 1. The lowest BCUT2D eigenvalue weighted by atomic mass is 10.1. The highest BCUT2D eigenvalue weighted by atomic mass is 35.5. The Bertz CT molecular complexity index is 1660. The van der Waals surface area contributed by atoms with Crippen LogP contribution in [0.5, 0.6) is 11.5 Å². The first kappa shape index (κ1) is 25.0. The second-order valence-electron chi connectivity index (χ2n) is 7.87. The lowest BCUT2D eigenvalue weighted by molar-refractivity contribution is -0.137. The van der Waals surface area contributed by atoms with E-state index in [4.69, 9.17) is 16.3 Å². The van der Waals surface area contributed by atoms with Crippen molar-refractivity contribution < 1.29 is 27.1 Å². The first-order valence-corrected chi connectivity index (χ1v) is 11.2. The number of anilines is 2. The topological polar surface area (TPSA) is 105 Å². The predicted molar refractivity (Wildman–Crippen MR) is 133 cm³/mol. The van der Waals surface area contributed by atoms with Crippen LogP contribution in [0, 0.1) is 5.82 Å². The van der Waals surface area contributed by atoms with E-state index >= 15 is 0 Å². The van der Waals surface area contributed by atoms with E-state index in [1.54, 1.807) is 30.5 Å². The highest BCUT2D eigenvalue weighted by molar-refractivity contribution is 6.31. The van der Waals surface area contributed by atoms with E-state index in [9.17, 15) is 22.4 Å². The number of carbonyl (C=O) groups is 1. The van der Waals surface area contributed by atoms with Crippen molar-refractivity contribution in [1.29, 1.82) is 0 Å². The number of para-hydroxylation sites is 1. The molecule has 3 aromatic carbocycles. The van der Waals surface area contributed by atoms with Crippen molar-refractivity contribution in [2.24, 2.45) is 0 Å². The molecule has 0 aliphatic carbocycles. The lowest BCUT2D eigenvalue weighted by Crippen LogP contribution is -2.20. The van der Waals surface area contributed by atoms with Crippen molar-refractivity contribution >= 4 is 40.0 Å². The first-order valence-electron chi connectivity index (χ1n) is 10.8. The Morgan fingerprint density at radius 2 is 1.82 bits per heavy atom. The number of carbonyl (C=O) groups excluding carboxylic acids is 1. The van der Waals surface area contributed by atoms with Gasteiger partial charge in [0, 0.05) is 17.3 Å². The number of benzene rings is 3. The molecule has 2 amide bonds. The molecule has 8 nitrogen and oxygen atoms in total. The normalized spacial score (nSPS) is 11.4. The molecule has 0 bridgehead atoms. The van der Waals surface area contributed by atoms with Crippen molar-refractivity contribution in [2.45, 2.75) is 6.18 Å². The van der Waals surface area contributed by atoms with Crippen molar-refractivity contribution in [2.75, 3.05) is 10.6 Å². The van der Waals surface area contributed by atoms with Gasteiger partial charge in [-0.15, -0.1) is 0 Å². The maximum atomic E-state index is 14.8. The summed E-state index contributed by atoms with van der Waals surface area (Å²) in [5.41, 5.74) is 0.213. The minimum absolute atomic E-state index is 0.130. The van der Waals surface area contributed by atoms with Gasteiger partial charge in [-0.05, 0) is 42.5 Å². The molecule has 0 aliphatic rings. The molecule has 0 radical (unpaired) electrons. The standard InChI is InChI=1S/C25H15ClF4N6O2/c26-18-7-5-13(9-17(18)25(28,29)30)34-24(37)35-20-8-6-14(10-19(20)27)38-21-4-2-1-3-15(21)22-16-11-33-36-23(16)32-12-31-22/h1-12H,(H2,34,35,37)(H,31,32,33,36). The summed E-state index contributed by atoms with van der Waals surface area (Å²) >= 11 is 5.59. The van der Waals surface area contributed by atoms with Crippen LogP contribution >= 0.6 is 11.6 Å². The molecule has 0 saturated heterocycles. The molecule has 0 unspecified atom stereocenters. The number of H-pyrrole nitrogens is 1. The van der Waals surface area contributed by atoms with Gasteiger partial charge in [0.1, 0.15) is 23.6 Å². The molecule has 13 heteroatoms. The summed E-state index contributed by atoms with van der Waals surface area (Å²) in [7, 11) is 0. The Morgan fingerprint density at radius 1 is 1.00 bits per heavy atom. The molecule has 5 aromatic rings. The molecule has 5 rings (SSSR count). The van der Waals surface area contributed by atoms with Crippen LogP contribution in [0.3, 0.4) is 0 Å². The van der Waals surface area contributed by atoms with Crippen LogP contribution in [0.25, 0.3) is 22.3 Å². The largest absolute Gasteiger partial charge is 0.457 e. The monoisotopic (exact) mass is 542 g/mol. The lowest BCUT2D eigenvalue weighted by Gasteiger charge is -2.14. The Hall–Kier alpha value is -4.71. The average Bonchev–Trinajstić information content (AvgIpc) is 3.36. The molecule has 2 aromatic heterocycles. The predicted octanol–water partition coefficient (Wildman–Crippen LogP) is 7.27. The molecule has 3 N–H and O–H groups in total. The zero-order valence-electron chi connectivity index (χ0n) is 19.0. The fourth-order valence-corrected chi connectivity index (χ4v) is 3.85. The van der Waals surface area contributed by atoms with Gasteiger partial charge < -0.3 is 15.4 Å². The third-order valence-corrected chi connectivity index (χ3v) is 5.67. The number of rotatable bonds is 5. The minimum atomic E-state index is -4.70. The molecule has 38 heavy (non-hydrogen) atoms. The van der Waals surface area contributed by atoms with Crippen LogP contribution in [0.15, 0.2) is 73.2 Å². The average molecular weight is 543 g/mol. The Kier molecular flexibility index (Phi) is 6.55. The van der Waals surface area contributed by atoms with E-state index < -0.39 is 28.6 Å². The number of nitrogens with one attached hydrogen (secondary N) is 3. The fraction of sp³-hybridized carbons (Fsp3) is 0.0400. The van der Waals surface area contributed by atoms with Crippen LogP contribution in [-0.2, 0) is 6.18 Å². The highest BCUT2D eigenvalue weighted by Crippen LogP contribution is 2.37. The van der Waals surface area contributed by atoms with Crippen LogP contribution in [0.1, 0.15) is 5.56 Å². The van der Waals surface area contributed by atoms with E-state index in [1.165, 1.54) is 24.5 Å². The molecule has 0 aliphatic heterocycles. The maximum absolute atomic E-state index is 14.8. The Labute approximate surface area is 216 Å². The van der Waals surface area contributed by atoms with E-state index in [-0.39, 0.29) is 17.1 Å². The summed E-state index contributed by atoms with van der Waals surface area (Å²) in [6.07, 6.45) is -1.74. The van der Waals surface area contributed by atoms with Crippen molar-refractivity contribution in [3.63, 3.8) is 0 Å². The van der Waals surface area contributed by atoms with E-state index in [0.29, 0.717) is 34.1 Å². The van der Waals surface area contributed by atoms with Gasteiger partial charge in [-0.25, -0.2) is 19.2 Å². The molecule has 0 fully saturated rings. The summed E-state index contributed by atoms with van der Waals surface area (Å²) < 4.78 is 59.8. The highest BCUT2D eigenvalue weighted by Gasteiger charge is 2.33. The first-order chi connectivity index (χ1) is 18.2. The van der Waals surface area contributed by atoms with Gasteiger partial charge >= 0.3 is 12.2 Å². The van der Waals surface area contributed by atoms with Gasteiger partial charge in [0.2, 0.25) is 0 Å². The quantitative estimate of drug-likeness (QED) is 0.203. The molecule has 2 heterocycles. The van der Waals surface area contributed by atoms with Crippen LogP contribution in [0.2, 0.25) is 5.02 Å². The second-order valence-corrected chi connectivity index (χ2v) is 8.27. The van der Waals surface area contributed by atoms with Gasteiger partial charge in [0.15, 0.2) is 5.65 Å². The van der Waals surface area contributed by atoms with Crippen LogP contribution in [0.4, 0.5) is 33.7 Å². The molecule has 0 spiro atoms. The zero-order valence-corrected chi connectivity index (χ0v) is 19.7. The number of amides is 2. The summed E-state index contributed by atoms with van der Waals surface area (Å²) in [6.45, 7) is 0. The van der Waals surface area contributed by atoms with Gasteiger partial charge in [-0.2, -0.15) is 18.3 Å². The van der Waals surface area contributed by atoms with Crippen LogP contribution in [-0.4, -0.2) is 26.2 Å². The minimum Gasteiger partial charge on any atom is -0.457 e. The van der Waals surface area contributed by atoms with Gasteiger partial charge in [-0.3, -0.25) is 5.10 Å². The van der Waals surface area contributed by atoms with Gasteiger partial charge in [0.25, 0.3) is 0 Å². The fourth-order valence-electron chi connectivity index (χ4n) is 3.62. The van der Waals surface area contributed by atoms with E-state index in [0.717, 1.165) is 12.1 Å². The van der Waals surface area contributed by atoms with Crippen molar-refractivity contribution in [3.05, 3.63) is 89.6 Å². The Morgan fingerprint density at radius 3 is 2.61 bits per heavy atom. The number of nitrogens with zero attached hydrogens (tertiary/aromatic N) is 3. The summed E-state index contributed by atoms with van der Waals surface area (Å²) in [5, 5.41) is 11.4. The summed E-state index contributed by atoms with van der Waals surface area (Å²) in [4.78, 5) is 20.7. The SMILES string of the molecule is O=C(Nc1ccc(Cl)c(C(F)(F)F)c1)Nc1ccc(Oc2ccccc2-c2ncnc3[nH]ncc23)cc1F. The van der Waals surface area contributed by atoms with Crippen molar-refractivity contribution in [3.8, 4) is 22.8 Å².